The van der Waals surface area contributed by atoms with Crippen LogP contribution in [0.4, 0.5) is 5.95 Å². The van der Waals surface area contributed by atoms with E-state index in [4.69, 9.17) is 5.73 Å². The first kappa shape index (κ1) is 16.7. The summed E-state index contributed by atoms with van der Waals surface area (Å²) in [6.45, 7) is 0. The van der Waals surface area contributed by atoms with Crippen LogP contribution in [0.5, 0.6) is 0 Å². The molecule has 1 fully saturated rings. The Bertz CT molecular complexity index is 1190. The van der Waals surface area contributed by atoms with Gasteiger partial charge in [0, 0.05) is 36.8 Å². The number of carbonyl (C=O) groups excluding carboxylic acids is 1. The molecule has 2 atom stereocenters. The number of carbonyl (C=O) groups is 1. The number of nitrogens with one attached hydrogen (secondary N) is 1. The third-order valence-corrected chi connectivity index (χ3v) is 5.36. The Kier molecular flexibility index (Phi) is 3.75. The standard InChI is InChI=1S/C19H20N8O/c1-26-9-12-3-5-15(7-13(12)10-26)27-18-16(24-25-27)8-21-19(23-18)22-14-4-2-11(6-14)17(20)28/h3,5,7-11,14H,2,4,6H2,1H3,(H2,20,28)(H,21,22,23)/t11-,14-/m1/s1. The van der Waals surface area contributed by atoms with Gasteiger partial charge in [0.1, 0.15) is 0 Å². The van der Waals surface area contributed by atoms with Gasteiger partial charge < -0.3 is 15.6 Å². The Morgan fingerprint density at radius 1 is 1.25 bits per heavy atom. The zero-order valence-corrected chi connectivity index (χ0v) is 15.4. The lowest BCUT2D eigenvalue weighted by molar-refractivity contribution is -0.121. The van der Waals surface area contributed by atoms with Crippen molar-refractivity contribution in [1.29, 1.82) is 0 Å². The highest BCUT2D eigenvalue weighted by Gasteiger charge is 2.28. The normalized spacial score (nSPS) is 19.5. The van der Waals surface area contributed by atoms with E-state index >= 15 is 0 Å². The minimum atomic E-state index is -0.237. The second-order valence-electron chi connectivity index (χ2n) is 7.39. The minimum Gasteiger partial charge on any atom is -0.369 e. The summed E-state index contributed by atoms with van der Waals surface area (Å²) in [4.78, 5) is 20.3. The number of amides is 1. The summed E-state index contributed by atoms with van der Waals surface area (Å²) >= 11 is 0. The number of nitrogens with zero attached hydrogens (tertiary/aromatic N) is 6. The van der Waals surface area contributed by atoms with Crippen LogP contribution in [0.15, 0.2) is 36.8 Å². The molecule has 28 heavy (non-hydrogen) atoms. The topological polar surface area (TPSA) is 117 Å². The van der Waals surface area contributed by atoms with E-state index in [0.717, 1.165) is 29.3 Å². The molecular weight excluding hydrogens is 356 g/mol. The van der Waals surface area contributed by atoms with Gasteiger partial charge in [0.05, 0.1) is 11.9 Å². The first-order chi connectivity index (χ1) is 13.6. The van der Waals surface area contributed by atoms with Gasteiger partial charge in [-0.05, 0) is 36.8 Å². The van der Waals surface area contributed by atoms with Crippen molar-refractivity contribution in [2.45, 2.75) is 25.3 Å². The lowest BCUT2D eigenvalue weighted by Crippen LogP contribution is -2.23. The number of primary amides is 1. The molecule has 142 valence electrons. The van der Waals surface area contributed by atoms with Crippen molar-refractivity contribution >= 4 is 33.8 Å². The molecule has 3 heterocycles. The van der Waals surface area contributed by atoms with Crippen LogP contribution in [-0.4, -0.2) is 41.5 Å². The van der Waals surface area contributed by atoms with Crippen LogP contribution in [0.3, 0.4) is 0 Å². The number of aryl methyl sites for hydroxylation is 1. The van der Waals surface area contributed by atoms with E-state index in [0.29, 0.717) is 23.5 Å². The fourth-order valence-electron chi connectivity index (χ4n) is 3.92. The summed E-state index contributed by atoms with van der Waals surface area (Å²) in [6, 6.07) is 6.26. The monoisotopic (exact) mass is 376 g/mol. The van der Waals surface area contributed by atoms with Crippen molar-refractivity contribution in [2.24, 2.45) is 18.7 Å². The van der Waals surface area contributed by atoms with Crippen LogP contribution in [0, 0.1) is 5.92 Å². The van der Waals surface area contributed by atoms with Gasteiger partial charge >= 0.3 is 0 Å². The minimum absolute atomic E-state index is 0.0778. The maximum Gasteiger partial charge on any atom is 0.225 e. The highest BCUT2D eigenvalue weighted by molar-refractivity contribution is 5.85. The number of anilines is 1. The van der Waals surface area contributed by atoms with Gasteiger partial charge in [-0.3, -0.25) is 4.79 Å². The molecule has 3 N–H and O–H groups in total. The predicted molar refractivity (Wildman–Crippen MR) is 105 cm³/mol. The molecule has 0 spiro atoms. The molecule has 0 bridgehead atoms. The molecule has 1 aromatic carbocycles. The first-order valence-electron chi connectivity index (χ1n) is 9.27. The zero-order valence-electron chi connectivity index (χ0n) is 15.4. The number of nitrogens with two attached hydrogens (primary N) is 1. The molecule has 5 rings (SSSR count). The van der Waals surface area contributed by atoms with Crippen LogP contribution in [0.1, 0.15) is 19.3 Å². The largest absolute Gasteiger partial charge is 0.369 e. The summed E-state index contributed by atoms with van der Waals surface area (Å²) in [7, 11) is 2.00. The number of aromatic nitrogens is 6. The van der Waals surface area contributed by atoms with Crippen LogP contribution in [0.25, 0.3) is 27.6 Å². The molecule has 0 unspecified atom stereocenters. The molecule has 1 saturated carbocycles. The quantitative estimate of drug-likeness (QED) is 0.561. The van der Waals surface area contributed by atoms with Crippen molar-refractivity contribution in [3.63, 3.8) is 0 Å². The summed E-state index contributed by atoms with van der Waals surface area (Å²) < 4.78 is 3.74. The van der Waals surface area contributed by atoms with E-state index in [9.17, 15) is 4.79 Å². The number of benzene rings is 1. The molecule has 3 aromatic heterocycles. The van der Waals surface area contributed by atoms with Gasteiger partial charge in [0.2, 0.25) is 11.9 Å². The molecule has 4 aromatic rings. The third kappa shape index (κ3) is 2.84. The Morgan fingerprint density at radius 2 is 2.11 bits per heavy atom. The van der Waals surface area contributed by atoms with E-state index in [1.165, 1.54) is 0 Å². The van der Waals surface area contributed by atoms with E-state index in [1.807, 2.05) is 17.7 Å². The van der Waals surface area contributed by atoms with Crippen molar-refractivity contribution in [1.82, 2.24) is 29.5 Å². The lowest BCUT2D eigenvalue weighted by atomic mass is 10.1. The second-order valence-corrected chi connectivity index (χ2v) is 7.39. The Labute approximate surface area is 160 Å². The van der Waals surface area contributed by atoms with Crippen LogP contribution in [-0.2, 0) is 11.8 Å². The Balaban J connectivity index is 1.47. The maximum atomic E-state index is 11.4. The van der Waals surface area contributed by atoms with Crippen LogP contribution >= 0.6 is 0 Å². The smallest absolute Gasteiger partial charge is 0.225 e. The van der Waals surface area contributed by atoms with Crippen molar-refractivity contribution in [3.05, 3.63) is 36.8 Å². The fraction of sp³-hybridized carbons (Fsp3) is 0.316. The van der Waals surface area contributed by atoms with E-state index in [-0.39, 0.29) is 17.9 Å². The fourth-order valence-corrected chi connectivity index (χ4v) is 3.92. The van der Waals surface area contributed by atoms with E-state index < -0.39 is 0 Å². The number of hydrogen-bond acceptors (Lipinski definition) is 6. The molecule has 9 heteroatoms. The SMILES string of the molecule is Cn1cc2ccc(-n3nnc4cnc(N[C@@H]5CC[C@@H](C(N)=O)C5)nc43)cc2c1. The van der Waals surface area contributed by atoms with Gasteiger partial charge in [-0.2, -0.15) is 9.67 Å². The molecule has 0 radical (unpaired) electrons. The van der Waals surface area contributed by atoms with E-state index in [1.54, 1.807) is 10.9 Å². The van der Waals surface area contributed by atoms with Gasteiger partial charge in [-0.15, -0.1) is 5.10 Å². The lowest BCUT2D eigenvalue weighted by Gasteiger charge is -2.12. The Morgan fingerprint density at radius 3 is 2.93 bits per heavy atom. The highest BCUT2D eigenvalue weighted by Crippen LogP contribution is 2.27. The average molecular weight is 376 g/mol. The van der Waals surface area contributed by atoms with Crippen LogP contribution < -0.4 is 11.1 Å². The van der Waals surface area contributed by atoms with Crippen molar-refractivity contribution in [2.75, 3.05) is 5.32 Å². The molecule has 1 aliphatic rings. The summed E-state index contributed by atoms with van der Waals surface area (Å²) in [6.07, 6.45) is 8.18. The third-order valence-electron chi connectivity index (χ3n) is 5.36. The van der Waals surface area contributed by atoms with Gasteiger partial charge in [-0.25, -0.2) is 4.98 Å². The van der Waals surface area contributed by atoms with Crippen molar-refractivity contribution < 1.29 is 4.79 Å². The molecule has 1 amide bonds. The number of hydrogen-bond donors (Lipinski definition) is 2. The summed E-state index contributed by atoms with van der Waals surface area (Å²) in [5.41, 5.74) is 7.57. The number of rotatable bonds is 4. The summed E-state index contributed by atoms with van der Waals surface area (Å²) in [5.74, 6) is 0.192. The van der Waals surface area contributed by atoms with E-state index in [2.05, 4.69) is 50.1 Å². The highest BCUT2D eigenvalue weighted by atomic mass is 16.1. The molecule has 1 aliphatic carbocycles. The van der Waals surface area contributed by atoms with Gasteiger partial charge in [-0.1, -0.05) is 11.3 Å². The molecule has 0 saturated heterocycles. The van der Waals surface area contributed by atoms with Gasteiger partial charge in [0.15, 0.2) is 11.2 Å². The predicted octanol–water partition coefficient (Wildman–Crippen LogP) is 1.77. The molecule has 0 aliphatic heterocycles. The summed E-state index contributed by atoms with van der Waals surface area (Å²) in [5, 5.41) is 14.0. The van der Waals surface area contributed by atoms with Crippen LogP contribution in [0.2, 0.25) is 0 Å². The maximum absolute atomic E-state index is 11.4. The number of fused-ring (bicyclic) bond motifs is 2. The zero-order chi connectivity index (χ0) is 19.3. The van der Waals surface area contributed by atoms with Crippen molar-refractivity contribution in [3.8, 4) is 5.69 Å². The molecule has 9 nitrogen and oxygen atoms in total. The second kappa shape index (κ2) is 6.29. The first-order valence-corrected chi connectivity index (χ1v) is 9.27. The molecular formula is C19H20N8O. The Hall–Kier alpha value is -3.49. The van der Waals surface area contributed by atoms with Gasteiger partial charge in [0.25, 0.3) is 0 Å². The average Bonchev–Trinajstić information content (AvgIpc) is 3.38.